The number of hydrogen-bond acceptors (Lipinski definition) is 6. The molecule has 5 aromatic carbocycles. The van der Waals surface area contributed by atoms with Gasteiger partial charge in [0.25, 0.3) is 0 Å². The second-order valence-electron chi connectivity index (χ2n) is 14.5. The smallest absolute Gasteiger partial charge is 0.135 e. The number of thiophene rings is 1. The number of ether oxygens (including phenoxy) is 1. The van der Waals surface area contributed by atoms with Crippen molar-refractivity contribution in [2.75, 3.05) is 16.8 Å². The van der Waals surface area contributed by atoms with E-state index < -0.39 is 0 Å². The molecule has 9 aromatic rings. The molecule has 0 unspecified atom stereocenters. The van der Waals surface area contributed by atoms with Crippen LogP contribution in [0.15, 0.2) is 128 Å². The van der Waals surface area contributed by atoms with Gasteiger partial charge in [-0.05, 0) is 83.2 Å². The number of para-hydroxylation sites is 3. The van der Waals surface area contributed by atoms with Gasteiger partial charge in [-0.1, -0.05) is 80.9 Å². The fourth-order valence-corrected chi connectivity index (χ4v) is 8.48. The zero-order valence-electron chi connectivity index (χ0n) is 30.1. The molecule has 10 rings (SSSR count). The minimum Gasteiger partial charge on any atom is -0.504 e. The molecule has 0 bridgehead atoms. The van der Waals surface area contributed by atoms with Gasteiger partial charge in [-0.15, -0.1) is 28.9 Å². The van der Waals surface area contributed by atoms with E-state index in [1.165, 1.54) is 25.7 Å². The number of benzene rings is 5. The van der Waals surface area contributed by atoms with E-state index in [1.807, 2.05) is 23.6 Å². The van der Waals surface area contributed by atoms with Gasteiger partial charge in [0.1, 0.15) is 11.7 Å². The number of nitrogens with zero attached hydrogens (tertiary/aromatic N) is 5. The minimum absolute atomic E-state index is 0. The molecule has 0 aliphatic carbocycles. The second-order valence-corrected chi connectivity index (χ2v) is 15.6. The molecule has 0 amide bonds. The molecule has 5 heterocycles. The fraction of sp³-hybridized carbons (Fsp3) is 0.109. The van der Waals surface area contributed by atoms with Crippen molar-refractivity contribution in [2.24, 2.45) is 0 Å². The Kier molecular flexibility index (Phi) is 8.33. The summed E-state index contributed by atoms with van der Waals surface area (Å²) in [6, 6.07) is 49.5. The van der Waals surface area contributed by atoms with Crippen molar-refractivity contribution in [3.8, 4) is 28.7 Å². The summed E-state index contributed by atoms with van der Waals surface area (Å²) >= 11 is 1.81. The summed E-state index contributed by atoms with van der Waals surface area (Å²) in [5.41, 5.74) is 7.95. The number of hydrogen-bond donors (Lipinski definition) is 0. The molecular weight excluding hydrogens is 866 g/mol. The minimum atomic E-state index is -0.0260. The molecule has 0 saturated heterocycles. The Labute approximate surface area is 332 Å². The van der Waals surface area contributed by atoms with E-state index in [4.69, 9.17) is 14.7 Å². The van der Waals surface area contributed by atoms with Crippen LogP contribution in [0.1, 0.15) is 26.3 Å². The molecule has 1 aliphatic rings. The first kappa shape index (κ1) is 34.3. The van der Waals surface area contributed by atoms with Crippen LogP contribution in [0, 0.1) is 18.8 Å². The van der Waals surface area contributed by atoms with Crippen LogP contribution in [0.3, 0.4) is 0 Å². The van der Waals surface area contributed by atoms with Crippen LogP contribution in [0.4, 0.5) is 17.1 Å². The van der Waals surface area contributed by atoms with Crippen LogP contribution in [-0.2, 0) is 26.5 Å². The van der Waals surface area contributed by atoms with Gasteiger partial charge in [0.2, 0.25) is 0 Å². The SMILES string of the molecule is CN1[CH-]N(c2[c-]c(Oc3[c-]c4c(cc3)c3ccccc3n4-c3cc(C(C)(C)C)ccn3)nc(-c3ccc4sc5ccccc5c4c3)c2)c2ccccc21.[Pt]. The summed E-state index contributed by atoms with van der Waals surface area (Å²) in [5, 5.41) is 4.67. The predicted molar refractivity (Wildman–Crippen MR) is 219 cm³/mol. The Morgan fingerprint density at radius 3 is 2.33 bits per heavy atom. The van der Waals surface area contributed by atoms with Gasteiger partial charge in [-0.2, -0.15) is 30.6 Å². The predicted octanol–water partition coefficient (Wildman–Crippen LogP) is 12.0. The first-order valence-corrected chi connectivity index (χ1v) is 18.5. The Balaban J connectivity index is 0.00000384. The van der Waals surface area contributed by atoms with Crippen LogP contribution < -0.4 is 14.5 Å². The quantitative estimate of drug-likeness (QED) is 0.161. The van der Waals surface area contributed by atoms with Gasteiger partial charge in [0, 0.05) is 70.1 Å². The summed E-state index contributed by atoms with van der Waals surface area (Å²) in [6.45, 7) is 8.74. The third-order valence-electron chi connectivity index (χ3n) is 10.1. The number of fused-ring (bicyclic) bond motifs is 7. The van der Waals surface area contributed by atoms with E-state index in [9.17, 15) is 0 Å². The maximum atomic E-state index is 6.66. The Morgan fingerprint density at radius 2 is 1.48 bits per heavy atom. The number of pyridine rings is 2. The van der Waals surface area contributed by atoms with Gasteiger partial charge >= 0.3 is 0 Å². The zero-order valence-corrected chi connectivity index (χ0v) is 33.2. The molecule has 6 nitrogen and oxygen atoms in total. The molecule has 54 heavy (non-hydrogen) atoms. The molecule has 4 aromatic heterocycles. The molecule has 0 atom stereocenters. The van der Waals surface area contributed by atoms with Crippen molar-refractivity contribution in [3.05, 3.63) is 152 Å². The molecule has 8 heteroatoms. The molecule has 1 aliphatic heterocycles. The maximum Gasteiger partial charge on any atom is 0.135 e. The van der Waals surface area contributed by atoms with E-state index in [2.05, 4.69) is 176 Å². The first-order valence-electron chi connectivity index (χ1n) is 17.7. The van der Waals surface area contributed by atoms with Crippen molar-refractivity contribution in [1.82, 2.24) is 14.5 Å². The van der Waals surface area contributed by atoms with Crippen LogP contribution in [-0.4, -0.2) is 21.6 Å². The maximum absolute atomic E-state index is 6.66. The van der Waals surface area contributed by atoms with E-state index >= 15 is 0 Å². The number of rotatable bonds is 5. The molecule has 0 fully saturated rings. The van der Waals surface area contributed by atoms with Gasteiger partial charge in [0.05, 0.1) is 0 Å². The molecule has 0 saturated carbocycles. The molecule has 268 valence electrons. The van der Waals surface area contributed by atoms with Crippen LogP contribution in [0.2, 0.25) is 0 Å². The van der Waals surface area contributed by atoms with Crippen molar-refractivity contribution < 1.29 is 25.8 Å². The van der Waals surface area contributed by atoms with Crippen molar-refractivity contribution in [3.63, 3.8) is 0 Å². The van der Waals surface area contributed by atoms with Crippen LogP contribution in [0.25, 0.3) is 59.1 Å². The molecule has 0 N–H and O–H groups in total. The Hall–Kier alpha value is -5.49. The summed E-state index contributed by atoms with van der Waals surface area (Å²) in [7, 11) is 2.06. The molecule has 0 radical (unpaired) electrons. The summed E-state index contributed by atoms with van der Waals surface area (Å²) in [6.07, 6.45) is 1.89. The molecular formula is C46H34N5OPtS-3. The molecule has 0 spiro atoms. The summed E-state index contributed by atoms with van der Waals surface area (Å²) in [4.78, 5) is 14.2. The van der Waals surface area contributed by atoms with Crippen molar-refractivity contribution in [2.45, 2.75) is 26.2 Å². The first-order chi connectivity index (χ1) is 25.8. The topological polar surface area (TPSA) is 46.4 Å². The van der Waals surface area contributed by atoms with E-state index in [-0.39, 0.29) is 26.5 Å². The van der Waals surface area contributed by atoms with Crippen LogP contribution in [0.5, 0.6) is 11.6 Å². The Morgan fingerprint density at radius 1 is 0.722 bits per heavy atom. The van der Waals surface area contributed by atoms with E-state index in [0.29, 0.717) is 11.6 Å². The number of aromatic nitrogens is 3. The van der Waals surface area contributed by atoms with Crippen molar-refractivity contribution in [1.29, 1.82) is 0 Å². The van der Waals surface area contributed by atoms with Crippen molar-refractivity contribution >= 4 is 70.4 Å². The summed E-state index contributed by atoms with van der Waals surface area (Å²) < 4.78 is 11.4. The normalized spacial score (nSPS) is 12.9. The van der Waals surface area contributed by atoms with Gasteiger partial charge < -0.3 is 19.1 Å². The number of anilines is 3. The fourth-order valence-electron chi connectivity index (χ4n) is 7.39. The largest absolute Gasteiger partial charge is 0.504 e. The average molecular weight is 900 g/mol. The van der Waals surface area contributed by atoms with Crippen LogP contribution >= 0.6 is 11.3 Å². The zero-order chi connectivity index (χ0) is 35.8. The standard InChI is InChI=1S/C46H34N5OS.Pt/c1-46(2,3)30-21-22-47-44(24-30)51-38-13-7-5-11-33(38)34-19-18-32(27-41(34)51)52-45-26-31(50-28-49(4)39-14-8-9-15-40(39)50)25-37(48-45)29-17-20-43-36(23-29)35-12-6-10-16-42(35)53-43;/h5-25,28H,1-4H3;/q-3;. The second kappa shape index (κ2) is 13.1. The van der Waals surface area contributed by atoms with E-state index in [0.717, 1.165) is 55.9 Å². The third-order valence-corrected chi connectivity index (χ3v) is 11.2. The third kappa shape index (κ3) is 5.74. The van der Waals surface area contributed by atoms with Gasteiger partial charge in [-0.3, -0.25) is 4.98 Å². The monoisotopic (exact) mass is 899 g/mol. The Bertz CT molecular complexity index is 2890. The average Bonchev–Trinajstić information content (AvgIpc) is 3.83. The summed E-state index contributed by atoms with van der Waals surface area (Å²) in [5.74, 6) is 1.75. The van der Waals surface area contributed by atoms with E-state index in [1.54, 1.807) is 0 Å². The van der Waals surface area contributed by atoms with Gasteiger partial charge in [-0.25, -0.2) is 4.98 Å². The van der Waals surface area contributed by atoms with Gasteiger partial charge in [0.15, 0.2) is 0 Å².